The maximum absolute atomic E-state index is 12.0. The maximum Gasteiger partial charge on any atom is 0.336 e. The fraction of sp³-hybridized carbons (Fsp3) is 0.600. The van der Waals surface area contributed by atoms with Gasteiger partial charge < -0.3 is 10.1 Å². The summed E-state index contributed by atoms with van der Waals surface area (Å²) in [6.45, 7) is 9.96. The number of ether oxygens (including phenoxy) is 1. The predicted molar refractivity (Wildman–Crippen MR) is 73.7 cm³/mol. The van der Waals surface area contributed by atoms with Gasteiger partial charge >= 0.3 is 5.97 Å². The van der Waals surface area contributed by atoms with Gasteiger partial charge in [0.05, 0.1) is 24.3 Å². The normalized spacial score (nSPS) is 19.6. The van der Waals surface area contributed by atoms with Gasteiger partial charge in [0.25, 0.3) is 0 Å². The topological polar surface area (TPSA) is 62.1 Å². The van der Waals surface area contributed by atoms with E-state index < -0.39 is 0 Å². The molecule has 1 rings (SSSR count). The molecule has 0 aromatic carbocycles. The van der Waals surface area contributed by atoms with Gasteiger partial charge in [-0.05, 0) is 18.8 Å². The van der Waals surface area contributed by atoms with Crippen LogP contribution in [0.2, 0.25) is 0 Å². The summed E-state index contributed by atoms with van der Waals surface area (Å²) in [4.78, 5) is 12.0. The minimum atomic E-state index is -0.362. The molecule has 0 bridgehead atoms. The molecule has 1 heterocycles. The standard InChI is InChI=1S/C15H22N2O2/c1-8(2)12-11(7-16)14(9(3)4)17-10(5)13(12)15(18)19-6/h8-9,12,17H,1-6H3. The van der Waals surface area contributed by atoms with Crippen LogP contribution in [0.5, 0.6) is 0 Å². The fourth-order valence-corrected chi connectivity index (χ4v) is 2.52. The number of allylic oxidation sites excluding steroid dienone is 3. The molecule has 0 aliphatic carbocycles. The van der Waals surface area contributed by atoms with Crippen LogP contribution in [-0.4, -0.2) is 13.1 Å². The highest BCUT2D eigenvalue weighted by Crippen LogP contribution is 2.37. The zero-order chi connectivity index (χ0) is 14.7. The molecule has 0 amide bonds. The Morgan fingerprint density at radius 3 is 2.32 bits per heavy atom. The lowest BCUT2D eigenvalue weighted by atomic mass is 9.77. The number of hydrogen-bond donors (Lipinski definition) is 1. The van der Waals surface area contributed by atoms with E-state index in [0.29, 0.717) is 11.1 Å². The SMILES string of the molecule is COC(=O)C1=C(C)NC(C(C)C)=C(C#N)C1C(C)C. The van der Waals surface area contributed by atoms with E-state index >= 15 is 0 Å². The molecule has 0 aromatic rings. The predicted octanol–water partition coefficient (Wildman–Crippen LogP) is 2.74. The molecule has 1 aliphatic heterocycles. The molecular formula is C15H22N2O2. The number of nitriles is 1. The number of hydrogen-bond acceptors (Lipinski definition) is 4. The van der Waals surface area contributed by atoms with Gasteiger partial charge in [-0.2, -0.15) is 5.26 Å². The third-order valence-corrected chi connectivity index (χ3v) is 3.41. The molecule has 1 atom stereocenters. The lowest BCUT2D eigenvalue weighted by Crippen LogP contribution is -2.34. The van der Waals surface area contributed by atoms with Crippen LogP contribution in [0.15, 0.2) is 22.5 Å². The van der Waals surface area contributed by atoms with Crippen molar-refractivity contribution >= 4 is 5.97 Å². The lowest BCUT2D eigenvalue weighted by Gasteiger charge is -2.32. The zero-order valence-corrected chi connectivity index (χ0v) is 12.5. The second kappa shape index (κ2) is 5.92. The summed E-state index contributed by atoms with van der Waals surface area (Å²) in [5, 5.41) is 12.7. The molecule has 0 fully saturated rings. The van der Waals surface area contributed by atoms with Crippen molar-refractivity contribution in [3.05, 3.63) is 22.5 Å². The summed E-state index contributed by atoms with van der Waals surface area (Å²) in [5.41, 5.74) is 2.91. The summed E-state index contributed by atoms with van der Waals surface area (Å²) >= 11 is 0. The van der Waals surface area contributed by atoms with Gasteiger partial charge in [0.2, 0.25) is 0 Å². The molecule has 19 heavy (non-hydrogen) atoms. The largest absolute Gasteiger partial charge is 0.466 e. The molecular weight excluding hydrogens is 240 g/mol. The number of dihydropyridines is 1. The Morgan fingerprint density at radius 1 is 1.37 bits per heavy atom. The summed E-state index contributed by atoms with van der Waals surface area (Å²) in [5.74, 6) is -0.185. The van der Waals surface area contributed by atoms with Crippen molar-refractivity contribution in [2.24, 2.45) is 17.8 Å². The molecule has 0 aromatic heterocycles. The zero-order valence-electron chi connectivity index (χ0n) is 12.5. The molecule has 4 nitrogen and oxygen atoms in total. The fourth-order valence-electron chi connectivity index (χ4n) is 2.52. The third-order valence-electron chi connectivity index (χ3n) is 3.41. The van der Waals surface area contributed by atoms with Crippen molar-refractivity contribution in [2.75, 3.05) is 7.11 Å². The molecule has 0 saturated heterocycles. The summed E-state index contributed by atoms with van der Waals surface area (Å²) in [6, 6.07) is 2.27. The van der Waals surface area contributed by atoms with Gasteiger partial charge in [0.1, 0.15) is 0 Å². The first-order chi connectivity index (χ1) is 8.84. The second-order valence-electron chi connectivity index (χ2n) is 5.47. The first-order valence-corrected chi connectivity index (χ1v) is 6.55. The van der Waals surface area contributed by atoms with E-state index in [4.69, 9.17) is 4.74 Å². The quantitative estimate of drug-likeness (QED) is 0.794. The average Bonchev–Trinajstić information content (AvgIpc) is 2.35. The minimum Gasteiger partial charge on any atom is -0.466 e. The molecule has 0 spiro atoms. The number of carbonyl (C=O) groups is 1. The number of rotatable bonds is 3. The Balaban J connectivity index is 3.42. The first-order valence-electron chi connectivity index (χ1n) is 6.55. The van der Waals surface area contributed by atoms with Crippen LogP contribution in [0, 0.1) is 29.1 Å². The molecule has 0 saturated carbocycles. The Labute approximate surface area is 115 Å². The third kappa shape index (κ3) is 2.81. The summed E-state index contributed by atoms with van der Waals surface area (Å²) in [6.07, 6.45) is 0. The van der Waals surface area contributed by atoms with E-state index in [2.05, 4.69) is 11.4 Å². The van der Waals surface area contributed by atoms with Crippen molar-refractivity contribution in [3.8, 4) is 6.07 Å². The highest BCUT2D eigenvalue weighted by atomic mass is 16.5. The van der Waals surface area contributed by atoms with Crippen LogP contribution >= 0.6 is 0 Å². The van der Waals surface area contributed by atoms with E-state index in [-0.39, 0.29) is 23.7 Å². The van der Waals surface area contributed by atoms with Gasteiger partial charge in [-0.25, -0.2) is 4.79 Å². The lowest BCUT2D eigenvalue weighted by molar-refractivity contribution is -0.136. The van der Waals surface area contributed by atoms with Gasteiger partial charge in [0, 0.05) is 17.3 Å². The number of esters is 1. The molecule has 0 radical (unpaired) electrons. The van der Waals surface area contributed by atoms with Crippen molar-refractivity contribution < 1.29 is 9.53 Å². The van der Waals surface area contributed by atoms with Crippen LogP contribution in [0.3, 0.4) is 0 Å². The molecule has 1 N–H and O–H groups in total. The molecule has 104 valence electrons. The number of nitrogens with zero attached hydrogens (tertiary/aromatic N) is 1. The van der Waals surface area contributed by atoms with E-state index in [0.717, 1.165) is 11.4 Å². The summed E-state index contributed by atoms with van der Waals surface area (Å²) in [7, 11) is 1.37. The smallest absolute Gasteiger partial charge is 0.336 e. The van der Waals surface area contributed by atoms with E-state index in [1.54, 1.807) is 0 Å². The van der Waals surface area contributed by atoms with Crippen molar-refractivity contribution in [1.82, 2.24) is 5.32 Å². The van der Waals surface area contributed by atoms with Crippen molar-refractivity contribution in [1.29, 1.82) is 5.26 Å². The number of carbonyl (C=O) groups excluding carboxylic acids is 1. The van der Waals surface area contributed by atoms with E-state index in [1.165, 1.54) is 7.11 Å². The van der Waals surface area contributed by atoms with Gasteiger partial charge in [-0.15, -0.1) is 0 Å². The highest BCUT2D eigenvalue weighted by molar-refractivity contribution is 5.91. The van der Waals surface area contributed by atoms with E-state index in [1.807, 2.05) is 34.6 Å². The van der Waals surface area contributed by atoms with Crippen molar-refractivity contribution in [2.45, 2.75) is 34.6 Å². The van der Waals surface area contributed by atoms with Crippen LogP contribution in [0.1, 0.15) is 34.6 Å². The monoisotopic (exact) mass is 262 g/mol. The van der Waals surface area contributed by atoms with Crippen LogP contribution in [0.25, 0.3) is 0 Å². The van der Waals surface area contributed by atoms with Crippen LogP contribution in [-0.2, 0) is 9.53 Å². The molecule has 1 unspecified atom stereocenters. The second-order valence-corrected chi connectivity index (χ2v) is 5.47. The first kappa shape index (κ1) is 15.3. The van der Waals surface area contributed by atoms with Crippen LogP contribution < -0.4 is 5.32 Å². The number of nitrogens with one attached hydrogen (secondary N) is 1. The minimum absolute atomic E-state index is 0.162. The Bertz CT molecular complexity index is 479. The number of methoxy groups -OCH3 is 1. The Morgan fingerprint density at radius 2 is 1.95 bits per heavy atom. The van der Waals surface area contributed by atoms with E-state index in [9.17, 15) is 10.1 Å². The van der Waals surface area contributed by atoms with Gasteiger partial charge in [-0.1, -0.05) is 27.7 Å². The van der Waals surface area contributed by atoms with Gasteiger partial charge in [0.15, 0.2) is 0 Å². The van der Waals surface area contributed by atoms with Gasteiger partial charge in [-0.3, -0.25) is 0 Å². The highest BCUT2D eigenvalue weighted by Gasteiger charge is 2.36. The molecule has 1 aliphatic rings. The Kier molecular flexibility index (Phi) is 4.77. The van der Waals surface area contributed by atoms with Crippen LogP contribution in [0.4, 0.5) is 0 Å². The Hall–Kier alpha value is -1.76. The summed E-state index contributed by atoms with van der Waals surface area (Å²) < 4.78 is 4.86. The maximum atomic E-state index is 12.0. The average molecular weight is 262 g/mol. The van der Waals surface area contributed by atoms with Crippen molar-refractivity contribution in [3.63, 3.8) is 0 Å². The molecule has 4 heteroatoms.